The van der Waals surface area contributed by atoms with E-state index in [-0.39, 0.29) is 0 Å². The molecule has 2 heterocycles. The van der Waals surface area contributed by atoms with Crippen LogP contribution in [0.25, 0.3) is 67.2 Å². The van der Waals surface area contributed by atoms with Gasteiger partial charge in [0.05, 0.1) is 5.56 Å². The molecule has 0 aliphatic heterocycles. The van der Waals surface area contributed by atoms with E-state index in [1.54, 1.807) is 0 Å². The molecule has 0 radical (unpaired) electrons. The zero-order valence-electron chi connectivity index (χ0n) is 20.2. The number of hydrogen-bond donors (Lipinski definition) is 0. The van der Waals surface area contributed by atoms with Crippen molar-refractivity contribution in [2.75, 3.05) is 0 Å². The Hall–Kier alpha value is -4.61. The van der Waals surface area contributed by atoms with Gasteiger partial charge >= 0.3 is 0 Å². The van der Waals surface area contributed by atoms with Crippen LogP contribution in [0, 0.1) is 0 Å². The number of para-hydroxylation sites is 2. The summed E-state index contributed by atoms with van der Waals surface area (Å²) in [6, 6.07) is 40.8. The van der Waals surface area contributed by atoms with Crippen molar-refractivity contribution in [3.8, 4) is 45.3 Å². The second kappa shape index (κ2) is 9.36. The summed E-state index contributed by atoms with van der Waals surface area (Å²) in [5.74, 6) is 1.78. The van der Waals surface area contributed by atoms with Crippen LogP contribution in [0.3, 0.4) is 0 Å². The fourth-order valence-corrected chi connectivity index (χ4v) is 5.15. The fraction of sp³-hybridized carbons (Fsp3) is 0. The molecule has 0 spiro atoms. The molecule has 0 N–H and O–H groups in total. The SMILES string of the molecule is Brc1cccc(-c2nc(-c3ccc(-c4ccccc4)cc3)nc(-c3cccc4c3oc3ccccc34)n2)c1. The first kappa shape index (κ1) is 22.6. The Morgan fingerprint density at radius 2 is 1.08 bits per heavy atom. The van der Waals surface area contributed by atoms with E-state index < -0.39 is 0 Å². The van der Waals surface area contributed by atoms with Gasteiger partial charge in [-0.1, -0.05) is 113 Å². The van der Waals surface area contributed by atoms with E-state index >= 15 is 0 Å². The normalized spacial score (nSPS) is 11.3. The quantitative estimate of drug-likeness (QED) is 0.218. The van der Waals surface area contributed by atoms with Crippen molar-refractivity contribution in [2.24, 2.45) is 0 Å². The average Bonchev–Trinajstić information content (AvgIpc) is 3.36. The number of benzene rings is 5. The molecule has 5 heteroatoms. The number of furan rings is 1. The van der Waals surface area contributed by atoms with Crippen molar-refractivity contribution in [3.05, 3.63) is 126 Å². The summed E-state index contributed by atoms with van der Waals surface area (Å²) in [4.78, 5) is 14.8. The summed E-state index contributed by atoms with van der Waals surface area (Å²) >= 11 is 3.58. The zero-order chi connectivity index (χ0) is 25.5. The molecule has 0 saturated heterocycles. The lowest BCUT2D eigenvalue weighted by atomic mass is 10.0. The fourth-order valence-electron chi connectivity index (χ4n) is 4.75. The Morgan fingerprint density at radius 1 is 0.474 bits per heavy atom. The van der Waals surface area contributed by atoms with E-state index in [0.717, 1.165) is 48.7 Å². The molecule has 0 bridgehead atoms. The van der Waals surface area contributed by atoms with E-state index in [2.05, 4.69) is 64.5 Å². The average molecular weight is 554 g/mol. The van der Waals surface area contributed by atoms with Crippen molar-refractivity contribution >= 4 is 37.9 Å². The summed E-state index contributed by atoms with van der Waals surface area (Å²) in [6.07, 6.45) is 0. The summed E-state index contributed by atoms with van der Waals surface area (Å²) in [5.41, 5.74) is 6.57. The molecule has 4 nitrogen and oxygen atoms in total. The first-order chi connectivity index (χ1) is 18.7. The smallest absolute Gasteiger partial charge is 0.167 e. The Balaban J connectivity index is 1.42. The third kappa shape index (κ3) is 4.07. The number of aromatic nitrogens is 3. The van der Waals surface area contributed by atoms with Gasteiger partial charge in [0.1, 0.15) is 11.2 Å². The third-order valence-electron chi connectivity index (χ3n) is 6.61. The van der Waals surface area contributed by atoms with Gasteiger partial charge in [-0.3, -0.25) is 0 Å². The first-order valence-electron chi connectivity index (χ1n) is 12.3. The molecule has 7 rings (SSSR count). The Morgan fingerprint density at radius 3 is 1.89 bits per heavy atom. The van der Waals surface area contributed by atoms with E-state index in [4.69, 9.17) is 19.4 Å². The highest BCUT2D eigenvalue weighted by molar-refractivity contribution is 9.10. The predicted octanol–water partition coefficient (Wildman–Crippen LogP) is 9.20. The van der Waals surface area contributed by atoms with Crippen molar-refractivity contribution in [3.63, 3.8) is 0 Å². The summed E-state index contributed by atoms with van der Waals surface area (Å²) in [7, 11) is 0. The standard InChI is InChI=1S/C33H20BrN3O/c34-25-11-6-10-24(20-25)32-35-31(23-18-16-22(17-19-23)21-8-2-1-3-9-21)36-33(37-32)28-14-7-13-27-26-12-4-5-15-29(26)38-30(27)28/h1-20H. The second-order valence-corrected chi connectivity index (χ2v) is 9.96. The number of fused-ring (bicyclic) bond motifs is 3. The van der Waals surface area contributed by atoms with Crippen LogP contribution in [-0.4, -0.2) is 15.0 Å². The van der Waals surface area contributed by atoms with Gasteiger partial charge in [0.25, 0.3) is 0 Å². The molecule has 0 amide bonds. The van der Waals surface area contributed by atoms with Crippen LogP contribution in [-0.2, 0) is 0 Å². The van der Waals surface area contributed by atoms with Crippen molar-refractivity contribution in [2.45, 2.75) is 0 Å². The molecule has 0 atom stereocenters. The van der Waals surface area contributed by atoms with E-state index in [0.29, 0.717) is 17.5 Å². The molecule has 2 aromatic heterocycles. The summed E-state index contributed by atoms with van der Waals surface area (Å²) in [5, 5.41) is 2.11. The first-order valence-corrected chi connectivity index (χ1v) is 13.1. The van der Waals surface area contributed by atoms with Gasteiger partial charge in [-0.15, -0.1) is 0 Å². The van der Waals surface area contributed by atoms with Crippen LogP contribution in [0.1, 0.15) is 0 Å². The van der Waals surface area contributed by atoms with Gasteiger partial charge in [-0.2, -0.15) is 0 Å². The second-order valence-electron chi connectivity index (χ2n) is 9.04. The lowest BCUT2D eigenvalue weighted by Crippen LogP contribution is -2.00. The lowest BCUT2D eigenvalue weighted by molar-refractivity contribution is 0.669. The topological polar surface area (TPSA) is 51.8 Å². The molecule has 0 unspecified atom stereocenters. The van der Waals surface area contributed by atoms with Gasteiger partial charge in [0, 0.05) is 26.4 Å². The van der Waals surface area contributed by atoms with E-state index in [1.807, 2.05) is 72.8 Å². The van der Waals surface area contributed by atoms with Gasteiger partial charge < -0.3 is 4.42 Å². The minimum absolute atomic E-state index is 0.571. The highest BCUT2D eigenvalue weighted by Gasteiger charge is 2.17. The minimum Gasteiger partial charge on any atom is -0.455 e. The van der Waals surface area contributed by atoms with Crippen LogP contribution in [0.15, 0.2) is 130 Å². The Bertz CT molecular complexity index is 1930. The molecule has 0 aliphatic carbocycles. The molecule has 5 aromatic carbocycles. The molecule has 38 heavy (non-hydrogen) atoms. The van der Waals surface area contributed by atoms with Gasteiger partial charge in [-0.05, 0) is 35.4 Å². The molecule has 0 aliphatic rings. The Labute approximate surface area is 227 Å². The molecular formula is C33H20BrN3O. The monoisotopic (exact) mass is 553 g/mol. The maximum atomic E-state index is 6.31. The third-order valence-corrected chi connectivity index (χ3v) is 7.11. The predicted molar refractivity (Wildman–Crippen MR) is 157 cm³/mol. The number of rotatable bonds is 4. The van der Waals surface area contributed by atoms with Crippen LogP contribution < -0.4 is 0 Å². The van der Waals surface area contributed by atoms with E-state index in [9.17, 15) is 0 Å². The van der Waals surface area contributed by atoms with Crippen LogP contribution >= 0.6 is 15.9 Å². The van der Waals surface area contributed by atoms with Crippen molar-refractivity contribution in [1.29, 1.82) is 0 Å². The van der Waals surface area contributed by atoms with Crippen LogP contribution in [0.5, 0.6) is 0 Å². The Kier molecular flexibility index (Phi) is 5.56. The van der Waals surface area contributed by atoms with Crippen molar-refractivity contribution in [1.82, 2.24) is 15.0 Å². The summed E-state index contributed by atoms with van der Waals surface area (Å²) in [6.45, 7) is 0. The molecule has 7 aromatic rings. The number of nitrogens with zero attached hydrogens (tertiary/aromatic N) is 3. The number of halogens is 1. The van der Waals surface area contributed by atoms with E-state index in [1.165, 1.54) is 5.56 Å². The largest absolute Gasteiger partial charge is 0.455 e. The zero-order valence-corrected chi connectivity index (χ0v) is 21.8. The maximum Gasteiger partial charge on any atom is 0.167 e. The lowest BCUT2D eigenvalue weighted by Gasteiger charge is -2.09. The van der Waals surface area contributed by atoms with Crippen LogP contribution in [0.2, 0.25) is 0 Å². The number of hydrogen-bond acceptors (Lipinski definition) is 4. The molecule has 0 saturated carbocycles. The highest BCUT2D eigenvalue weighted by atomic mass is 79.9. The maximum absolute atomic E-state index is 6.31. The molecule has 180 valence electrons. The minimum atomic E-state index is 0.571. The van der Waals surface area contributed by atoms with Crippen molar-refractivity contribution < 1.29 is 4.42 Å². The highest BCUT2D eigenvalue weighted by Crippen LogP contribution is 2.36. The van der Waals surface area contributed by atoms with Crippen LogP contribution in [0.4, 0.5) is 0 Å². The molecular weight excluding hydrogens is 534 g/mol. The van der Waals surface area contributed by atoms with Gasteiger partial charge in [0.2, 0.25) is 0 Å². The van der Waals surface area contributed by atoms with Gasteiger partial charge in [-0.25, -0.2) is 15.0 Å². The molecule has 0 fully saturated rings. The summed E-state index contributed by atoms with van der Waals surface area (Å²) < 4.78 is 7.27. The van der Waals surface area contributed by atoms with Gasteiger partial charge in [0.15, 0.2) is 17.5 Å².